The second kappa shape index (κ2) is 6.05. The fraction of sp³-hybridized carbons (Fsp3) is 0.167. The van der Waals surface area contributed by atoms with Crippen molar-refractivity contribution in [3.63, 3.8) is 0 Å². The number of ether oxygens (including phenoxy) is 1. The Kier molecular flexibility index (Phi) is 3.74. The molecule has 2 heterocycles. The van der Waals surface area contributed by atoms with E-state index in [0.717, 1.165) is 32.7 Å². The van der Waals surface area contributed by atoms with Gasteiger partial charge in [0.05, 0.1) is 6.61 Å². The van der Waals surface area contributed by atoms with E-state index < -0.39 is 0 Å². The SMILES string of the molecule is CCOc1ccc(-c2nnc3sc(-c4ccccc4C)nn23)cc1. The Balaban J connectivity index is 1.76. The van der Waals surface area contributed by atoms with Crippen LogP contribution in [0.3, 0.4) is 0 Å². The molecule has 5 nitrogen and oxygen atoms in total. The standard InChI is InChI=1S/C18H16N4OS/c1-3-23-14-10-8-13(9-11-14)16-19-20-18-22(16)21-17(24-18)15-7-5-4-6-12(15)2/h4-11H,3H2,1-2H3. The average molecular weight is 336 g/mol. The van der Waals surface area contributed by atoms with Crippen LogP contribution in [0.1, 0.15) is 12.5 Å². The van der Waals surface area contributed by atoms with Gasteiger partial charge in [0.25, 0.3) is 0 Å². The molecule has 0 saturated carbocycles. The Bertz CT molecular complexity index is 988. The Labute approximate surface area is 143 Å². The van der Waals surface area contributed by atoms with Gasteiger partial charge in [-0.1, -0.05) is 35.6 Å². The maximum Gasteiger partial charge on any atom is 0.235 e. The van der Waals surface area contributed by atoms with Crippen LogP contribution < -0.4 is 4.74 Å². The van der Waals surface area contributed by atoms with Gasteiger partial charge in [0.2, 0.25) is 4.96 Å². The van der Waals surface area contributed by atoms with E-state index in [2.05, 4.69) is 29.3 Å². The third-order valence-electron chi connectivity index (χ3n) is 3.79. The minimum atomic E-state index is 0.653. The third kappa shape index (κ3) is 2.55. The normalized spacial score (nSPS) is 11.1. The highest BCUT2D eigenvalue weighted by Gasteiger charge is 2.15. The van der Waals surface area contributed by atoms with Crippen molar-refractivity contribution >= 4 is 16.3 Å². The van der Waals surface area contributed by atoms with E-state index in [9.17, 15) is 0 Å². The molecule has 0 saturated heterocycles. The van der Waals surface area contributed by atoms with E-state index in [1.807, 2.05) is 47.8 Å². The van der Waals surface area contributed by atoms with Crippen molar-refractivity contribution in [2.24, 2.45) is 0 Å². The molecule has 0 aliphatic rings. The number of fused-ring (bicyclic) bond motifs is 1. The van der Waals surface area contributed by atoms with Crippen LogP contribution in [0.4, 0.5) is 0 Å². The van der Waals surface area contributed by atoms with E-state index in [0.29, 0.717) is 6.61 Å². The van der Waals surface area contributed by atoms with Crippen molar-refractivity contribution in [2.75, 3.05) is 6.61 Å². The Hall–Kier alpha value is -2.73. The molecule has 4 aromatic rings. The summed E-state index contributed by atoms with van der Waals surface area (Å²) in [6.45, 7) is 4.71. The zero-order chi connectivity index (χ0) is 16.5. The van der Waals surface area contributed by atoms with Gasteiger partial charge in [0.1, 0.15) is 10.8 Å². The average Bonchev–Trinajstić information content (AvgIpc) is 3.17. The van der Waals surface area contributed by atoms with Crippen LogP contribution in [0.25, 0.3) is 26.9 Å². The number of hydrogen-bond donors (Lipinski definition) is 0. The summed E-state index contributed by atoms with van der Waals surface area (Å²) >= 11 is 1.54. The van der Waals surface area contributed by atoms with E-state index in [4.69, 9.17) is 9.84 Å². The van der Waals surface area contributed by atoms with Gasteiger partial charge in [-0.25, -0.2) is 0 Å². The molecule has 0 unspecified atom stereocenters. The lowest BCUT2D eigenvalue weighted by molar-refractivity contribution is 0.340. The molecule has 6 heteroatoms. The fourth-order valence-corrected chi connectivity index (χ4v) is 3.52. The van der Waals surface area contributed by atoms with Gasteiger partial charge < -0.3 is 4.74 Å². The van der Waals surface area contributed by atoms with Crippen molar-refractivity contribution in [1.29, 1.82) is 0 Å². The second-order valence-corrected chi connectivity index (χ2v) is 6.35. The van der Waals surface area contributed by atoms with E-state index in [1.165, 1.54) is 5.56 Å². The molecule has 0 aliphatic heterocycles. The molecule has 0 spiro atoms. The molecular weight excluding hydrogens is 320 g/mol. The third-order valence-corrected chi connectivity index (χ3v) is 4.72. The second-order valence-electron chi connectivity index (χ2n) is 5.40. The number of hydrogen-bond acceptors (Lipinski definition) is 5. The Morgan fingerprint density at radius 3 is 2.58 bits per heavy atom. The van der Waals surface area contributed by atoms with Gasteiger partial charge in [-0.15, -0.1) is 10.2 Å². The van der Waals surface area contributed by atoms with E-state index in [-0.39, 0.29) is 0 Å². The number of benzene rings is 2. The number of aryl methyl sites for hydroxylation is 1. The minimum absolute atomic E-state index is 0.653. The van der Waals surface area contributed by atoms with E-state index in [1.54, 1.807) is 11.3 Å². The maximum atomic E-state index is 5.48. The maximum absolute atomic E-state index is 5.48. The molecule has 0 radical (unpaired) electrons. The molecule has 4 rings (SSSR count). The molecule has 0 amide bonds. The molecule has 2 aromatic heterocycles. The van der Waals surface area contributed by atoms with Crippen LogP contribution in [-0.4, -0.2) is 26.4 Å². The fourth-order valence-electron chi connectivity index (χ4n) is 2.59. The summed E-state index contributed by atoms with van der Waals surface area (Å²) in [6, 6.07) is 16.1. The van der Waals surface area contributed by atoms with Gasteiger partial charge >= 0.3 is 0 Å². The largest absolute Gasteiger partial charge is 0.494 e. The zero-order valence-electron chi connectivity index (χ0n) is 13.4. The van der Waals surface area contributed by atoms with Gasteiger partial charge in [-0.05, 0) is 43.7 Å². The molecule has 0 atom stereocenters. The summed E-state index contributed by atoms with van der Waals surface area (Å²) in [5.41, 5.74) is 3.29. The number of aromatic nitrogens is 4. The monoisotopic (exact) mass is 336 g/mol. The highest BCUT2D eigenvalue weighted by atomic mass is 32.1. The summed E-state index contributed by atoms with van der Waals surface area (Å²) in [6.07, 6.45) is 0. The van der Waals surface area contributed by atoms with Crippen molar-refractivity contribution in [2.45, 2.75) is 13.8 Å². The van der Waals surface area contributed by atoms with Gasteiger partial charge in [0.15, 0.2) is 5.82 Å². The first-order valence-electron chi connectivity index (χ1n) is 7.77. The van der Waals surface area contributed by atoms with Crippen molar-refractivity contribution < 1.29 is 4.74 Å². The first kappa shape index (κ1) is 14.8. The summed E-state index contributed by atoms with van der Waals surface area (Å²) < 4.78 is 7.29. The predicted molar refractivity (Wildman–Crippen MR) is 95.4 cm³/mol. The summed E-state index contributed by atoms with van der Waals surface area (Å²) in [5.74, 6) is 1.59. The molecule has 0 bridgehead atoms. The predicted octanol–water partition coefficient (Wildman–Crippen LogP) is 4.23. The molecule has 0 aliphatic carbocycles. The minimum Gasteiger partial charge on any atom is -0.494 e. The van der Waals surface area contributed by atoms with Crippen LogP contribution in [0.2, 0.25) is 0 Å². The van der Waals surface area contributed by atoms with Gasteiger partial charge in [0, 0.05) is 11.1 Å². The molecule has 24 heavy (non-hydrogen) atoms. The van der Waals surface area contributed by atoms with Gasteiger partial charge in [-0.2, -0.15) is 9.61 Å². The number of rotatable bonds is 4. The highest BCUT2D eigenvalue weighted by Crippen LogP contribution is 2.30. The first-order valence-corrected chi connectivity index (χ1v) is 8.59. The molecular formula is C18H16N4OS. The molecule has 0 fully saturated rings. The van der Waals surface area contributed by atoms with Gasteiger partial charge in [-0.3, -0.25) is 0 Å². The van der Waals surface area contributed by atoms with Crippen LogP contribution in [0.5, 0.6) is 5.75 Å². The molecule has 2 aromatic carbocycles. The van der Waals surface area contributed by atoms with E-state index >= 15 is 0 Å². The van der Waals surface area contributed by atoms with Crippen LogP contribution >= 0.6 is 11.3 Å². The quantitative estimate of drug-likeness (QED) is 0.560. The lowest BCUT2D eigenvalue weighted by Gasteiger charge is -2.03. The lowest BCUT2D eigenvalue weighted by atomic mass is 10.1. The van der Waals surface area contributed by atoms with Crippen LogP contribution in [0, 0.1) is 6.92 Å². The van der Waals surface area contributed by atoms with Crippen LogP contribution in [-0.2, 0) is 0 Å². The topological polar surface area (TPSA) is 52.3 Å². The Morgan fingerprint density at radius 1 is 1.04 bits per heavy atom. The molecule has 120 valence electrons. The zero-order valence-corrected chi connectivity index (χ0v) is 14.2. The van der Waals surface area contributed by atoms with Crippen molar-refractivity contribution in [3.8, 4) is 27.7 Å². The smallest absolute Gasteiger partial charge is 0.235 e. The first-order chi connectivity index (χ1) is 11.8. The number of nitrogens with zero attached hydrogens (tertiary/aromatic N) is 4. The summed E-state index contributed by atoms with van der Waals surface area (Å²) in [4.78, 5) is 0.789. The van der Waals surface area contributed by atoms with Crippen molar-refractivity contribution in [3.05, 3.63) is 54.1 Å². The molecule has 0 N–H and O–H groups in total. The Morgan fingerprint density at radius 2 is 1.83 bits per heavy atom. The van der Waals surface area contributed by atoms with Crippen LogP contribution in [0.15, 0.2) is 48.5 Å². The summed E-state index contributed by atoms with van der Waals surface area (Å²) in [7, 11) is 0. The van der Waals surface area contributed by atoms with Crippen molar-refractivity contribution in [1.82, 2.24) is 19.8 Å². The highest BCUT2D eigenvalue weighted by molar-refractivity contribution is 7.19. The lowest BCUT2D eigenvalue weighted by Crippen LogP contribution is -1.93. The summed E-state index contributed by atoms with van der Waals surface area (Å²) in [5, 5.41) is 14.2.